The van der Waals surface area contributed by atoms with Crippen molar-refractivity contribution in [3.63, 3.8) is 0 Å². The molecule has 2 amide bonds. The number of rotatable bonds is 6. The number of hydrogen-bond donors (Lipinski definition) is 2. The van der Waals surface area contributed by atoms with E-state index in [-0.39, 0.29) is 17.9 Å². The van der Waals surface area contributed by atoms with Crippen LogP contribution in [0.25, 0.3) is 0 Å². The van der Waals surface area contributed by atoms with Gasteiger partial charge >= 0.3 is 12.1 Å². The highest BCUT2D eigenvalue weighted by Crippen LogP contribution is 2.16. The van der Waals surface area contributed by atoms with Gasteiger partial charge in [0.2, 0.25) is 5.91 Å². The van der Waals surface area contributed by atoms with E-state index in [1.165, 1.54) is 0 Å². The molecule has 1 heterocycles. The molecule has 8 nitrogen and oxygen atoms in total. The summed E-state index contributed by atoms with van der Waals surface area (Å²) in [7, 11) is 1.58. The Balaban J connectivity index is 0.000000592. The summed E-state index contributed by atoms with van der Waals surface area (Å²) in [6.07, 6.45) is -4.73. The molecule has 0 unspecified atom stereocenters. The van der Waals surface area contributed by atoms with Gasteiger partial charge in [0.25, 0.3) is 5.91 Å². The van der Waals surface area contributed by atoms with Gasteiger partial charge in [0.1, 0.15) is 5.75 Å². The van der Waals surface area contributed by atoms with Gasteiger partial charge in [-0.3, -0.25) is 9.59 Å². The quantitative estimate of drug-likeness (QED) is 0.692. The van der Waals surface area contributed by atoms with Gasteiger partial charge in [-0.05, 0) is 32.0 Å². The molecule has 1 aliphatic heterocycles. The molecule has 2 N–H and O–H groups in total. The number of carbonyl (C=O) groups excluding carboxylic acids is 2. The lowest BCUT2D eigenvalue weighted by Gasteiger charge is -2.30. The average molecular weight is 447 g/mol. The summed E-state index contributed by atoms with van der Waals surface area (Å²) in [5.74, 6) is -2.06. The molecule has 1 aliphatic rings. The fraction of sp³-hybridized carbons (Fsp3) is 0.550. The summed E-state index contributed by atoms with van der Waals surface area (Å²) in [5, 5.41) is 10.4. The van der Waals surface area contributed by atoms with Crippen LogP contribution in [0.2, 0.25) is 0 Å². The molecular formula is C20H28F3N3O5. The minimum atomic E-state index is -5.08. The van der Waals surface area contributed by atoms with Crippen LogP contribution in [0.4, 0.5) is 13.2 Å². The third-order valence-corrected chi connectivity index (χ3v) is 4.48. The number of benzene rings is 1. The second-order valence-corrected chi connectivity index (χ2v) is 7.01. The predicted octanol–water partition coefficient (Wildman–Crippen LogP) is 2.00. The Morgan fingerprint density at radius 2 is 1.81 bits per heavy atom. The Hall–Kier alpha value is -2.82. The summed E-state index contributed by atoms with van der Waals surface area (Å²) in [4.78, 5) is 37.6. The molecule has 31 heavy (non-hydrogen) atoms. The lowest BCUT2D eigenvalue weighted by Crippen LogP contribution is -2.47. The first kappa shape index (κ1) is 26.2. The van der Waals surface area contributed by atoms with E-state index >= 15 is 0 Å². The van der Waals surface area contributed by atoms with Crippen LogP contribution in [0.5, 0.6) is 5.75 Å². The highest BCUT2D eigenvalue weighted by molar-refractivity contribution is 5.95. The minimum absolute atomic E-state index is 0.0273. The van der Waals surface area contributed by atoms with E-state index in [4.69, 9.17) is 14.6 Å². The van der Waals surface area contributed by atoms with E-state index in [0.29, 0.717) is 24.3 Å². The number of alkyl halides is 3. The zero-order valence-corrected chi connectivity index (χ0v) is 17.7. The lowest BCUT2D eigenvalue weighted by molar-refractivity contribution is -0.192. The summed E-state index contributed by atoms with van der Waals surface area (Å²) >= 11 is 0. The Labute approximate surface area is 178 Å². The van der Waals surface area contributed by atoms with E-state index in [2.05, 4.69) is 5.32 Å². The fourth-order valence-electron chi connectivity index (χ4n) is 2.80. The van der Waals surface area contributed by atoms with Crippen LogP contribution in [-0.2, 0) is 9.59 Å². The maximum atomic E-state index is 12.8. The van der Waals surface area contributed by atoms with Crippen molar-refractivity contribution in [2.75, 3.05) is 39.8 Å². The Morgan fingerprint density at radius 3 is 2.29 bits per heavy atom. The van der Waals surface area contributed by atoms with Crippen molar-refractivity contribution in [2.45, 2.75) is 32.5 Å². The number of hydrogen-bond acceptors (Lipinski definition) is 5. The van der Waals surface area contributed by atoms with Gasteiger partial charge in [-0.2, -0.15) is 13.2 Å². The van der Waals surface area contributed by atoms with Crippen LogP contribution >= 0.6 is 0 Å². The van der Waals surface area contributed by atoms with E-state index in [1.807, 2.05) is 24.8 Å². The van der Waals surface area contributed by atoms with Gasteiger partial charge in [-0.15, -0.1) is 0 Å². The summed E-state index contributed by atoms with van der Waals surface area (Å²) in [6.45, 7) is 7.51. The number of nitrogens with one attached hydrogen (secondary N) is 1. The molecule has 1 aromatic carbocycles. The molecule has 2 rings (SSSR count). The molecule has 0 saturated carbocycles. The summed E-state index contributed by atoms with van der Waals surface area (Å²) < 4.78 is 36.9. The largest absolute Gasteiger partial charge is 0.497 e. The van der Waals surface area contributed by atoms with Crippen molar-refractivity contribution in [1.29, 1.82) is 0 Å². The normalized spacial score (nSPS) is 13.8. The van der Waals surface area contributed by atoms with Gasteiger partial charge in [0.15, 0.2) is 0 Å². The van der Waals surface area contributed by atoms with Crippen molar-refractivity contribution in [1.82, 2.24) is 15.1 Å². The van der Waals surface area contributed by atoms with Crippen LogP contribution < -0.4 is 10.1 Å². The van der Waals surface area contributed by atoms with Crippen molar-refractivity contribution >= 4 is 17.8 Å². The minimum Gasteiger partial charge on any atom is -0.497 e. The predicted molar refractivity (Wildman–Crippen MR) is 107 cm³/mol. The molecule has 0 atom stereocenters. The molecule has 11 heteroatoms. The first-order valence-corrected chi connectivity index (χ1v) is 9.71. The molecule has 0 bridgehead atoms. The van der Waals surface area contributed by atoms with E-state index < -0.39 is 12.1 Å². The Morgan fingerprint density at radius 1 is 1.23 bits per heavy atom. The monoisotopic (exact) mass is 447 g/mol. The van der Waals surface area contributed by atoms with Gasteiger partial charge in [-0.25, -0.2) is 4.79 Å². The van der Waals surface area contributed by atoms with Gasteiger partial charge in [-0.1, -0.05) is 6.07 Å². The van der Waals surface area contributed by atoms with Crippen LogP contribution in [0.3, 0.4) is 0 Å². The number of halogens is 3. The SMILES string of the molecule is COc1cccc(C(=O)N(CCC(=O)N2CCNCC2)C(C)C)c1.O=C(O)C(F)(F)F. The number of carboxylic acids is 1. The molecule has 1 fully saturated rings. The number of aliphatic carboxylic acids is 1. The molecule has 1 aromatic rings. The van der Waals surface area contributed by atoms with Gasteiger partial charge in [0.05, 0.1) is 7.11 Å². The fourth-order valence-corrected chi connectivity index (χ4v) is 2.80. The van der Waals surface area contributed by atoms with E-state index in [9.17, 15) is 22.8 Å². The number of nitrogens with zero attached hydrogens (tertiary/aromatic N) is 2. The van der Waals surface area contributed by atoms with Crippen LogP contribution in [0.1, 0.15) is 30.6 Å². The molecule has 0 spiro atoms. The number of piperazine rings is 1. The highest BCUT2D eigenvalue weighted by atomic mass is 19.4. The summed E-state index contributed by atoms with van der Waals surface area (Å²) in [6, 6.07) is 7.15. The van der Waals surface area contributed by atoms with E-state index in [0.717, 1.165) is 26.2 Å². The smallest absolute Gasteiger partial charge is 0.490 e. The van der Waals surface area contributed by atoms with Crippen molar-refractivity contribution < 1.29 is 37.4 Å². The molecule has 0 radical (unpaired) electrons. The van der Waals surface area contributed by atoms with Crippen molar-refractivity contribution in [3.8, 4) is 5.75 Å². The van der Waals surface area contributed by atoms with Gasteiger partial charge in [0, 0.05) is 50.7 Å². The average Bonchev–Trinajstić information content (AvgIpc) is 2.73. The molecule has 1 saturated heterocycles. The first-order valence-electron chi connectivity index (χ1n) is 9.71. The summed E-state index contributed by atoms with van der Waals surface area (Å²) in [5.41, 5.74) is 0.581. The Kier molecular flexibility index (Phi) is 10.3. The second-order valence-electron chi connectivity index (χ2n) is 7.01. The number of carbonyl (C=O) groups is 3. The van der Waals surface area contributed by atoms with Crippen molar-refractivity contribution in [2.24, 2.45) is 0 Å². The maximum Gasteiger partial charge on any atom is 0.490 e. The third kappa shape index (κ3) is 8.83. The van der Waals surface area contributed by atoms with Gasteiger partial charge < -0.3 is 25.0 Å². The zero-order valence-electron chi connectivity index (χ0n) is 17.7. The van der Waals surface area contributed by atoms with Crippen molar-refractivity contribution in [3.05, 3.63) is 29.8 Å². The first-order chi connectivity index (χ1) is 14.5. The standard InChI is InChI=1S/C18H27N3O3.C2HF3O2/c1-14(2)21(10-7-17(22)20-11-8-19-9-12-20)18(23)15-5-4-6-16(13-15)24-3;3-2(4,5)1(6)7/h4-6,13-14,19H,7-12H2,1-3H3;(H,6,7). The maximum absolute atomic E-state index is 12.8. The molecule has 0 aliphatic carbocycles. The highest BCUT2D eigenvalue weighted by Gasteiger charge is 2.38. The molecule has 0 aromatic heterocycles. The van der Waals surface area contributed by atoms with Crippen LogP contribution in [0, 0.1) is 0 Å². The lowest BCUT2D eigenvalue weighted by atomic mass is 10.1. The van der Waals surface area contributed by atoms with E-state index in [1.54, 1.807) is 30.2 Å². The van der Waals surface area contributed by atoms with Crippen LogP contribution in [0.15, 0.2) is 24.3 Å². The topological polar surface area (TPSA) is 99.2 Å². The second kappa shape index (κ2) is 12.1. The Bertz CT molecular complexity index is 750. The number of methoxy groups -OCH3 is 1. The number of carboxylic acid groups (broad SMARTS) is 1. The third-order valence-electron chi connectivity index (χ3n) is 4.48. The molecular weight excluding hydrogens is 419 g/mol. The zero-order chi connectivity index (χ0) is 23.6. The molecule has 174 valence electrons. The van der Waals surface area contributed by atoms with Crippen LogP contribution in [-0.4, -0.2) is 84.7 Å². The number of ether oxygens (including phenoxy) is 1. The number of amides is 2.